The van der Waals surface area contributed by atoms with E-state index >= 15 is 0 Å². The number of hydrogen-bond acceptors (Lipinski definition) is 6. The highest BCUT2D eigenvalue weighted by Gasteiger charge is 2.25. The largest absolute Gasteiger partial charge is 0.488 e. The van der Waals surface area contributed by atoms with Crippen molar-refractivity contribution < 1.29 is 14.1 Å². The Hall–Kier alpha value is -3.42. The molecular weight excluding hydrogens is 394 g/mol. The average Bonchev–Trinajstić information content (AvgIpc) is 3.26. The molecule has 31 heavy (non-hydrogen) atoms. The van der Waals surface area contributed by atoms with Gasteiger partial charge in [-0.25, -0.2) is 4.79 Å². The smallest absolute Gasteiger partial charge is 0.315 e. The Morgan fingerprint density at radius 2 is 2.00 bits per heavy atom. The van der Waals surface area contributed by atoms with Crippen LogP contribution in [0.5, 0.6) is 5.75 Å². The van der Waals surface area contributed by atoms with Gasteiger partial charge in [-0.05, 0) is 43.0 Å². The van der Waals surface area contributed by atoms with Gasteiger partial charge in [-0.1, -0.05) is 44.1 Å². The normalized spacial score (nSPS) is 12.9. The van der Waals surface area contributed by atoms with Crippen molar-refractivity contribution in [3.8, 4) is 17.1 Å². The first-order valence-corrected chi connectivity index (χ1v) is 10.5. The van der Waals surface area contributed by atoms with Gasteiger partial charge in [0.25, 0.3) is 0 Å². The lowest BCUT2D eigenvalue weighted by Crippen LogP contribution is -2.43. The number of carbonyl (C=O) groups is 1. The summed E-state index contributed by atoms with van der Waals surface area (Å²) < 4.78 is 11.5. The van der Waals surface area contributed by atoms with Gasteiger partial charge in [-0.2, -0.15) is 4.98 Å². The van der Waals surface area contributed by atoms with E-state index in [-0.39, 0.29) is 18.1 Å². The predicted molar refractivity (Wildman–Crippen MR) is 118 cm³/mol. The SMILES string of the molecule is CCC(CNC(=O)NC(c1nc(-c2cccnc2)no1)C(C)C)Oc1ccccc1C. The molecule has 0 aliphatic rings. The van der Waals surface area contributed by atoms with Gasteiger partial charge in [-0.15, -0.1) is 0 Å². The minimum Gasteiger partial charge on any atom is -0.488 e. The van der Waals surface area contributed by atoms with E-state index in [1.807, 2.05) is 58.0 Å². The molecular formula is C23H29N5O3. The number of urea groups is 1. The molecule has 8 heteroatoms. The summed E-state index contributed by atoms with van der Waals surface area (Å²) in [6.45, 7) is 8.37. The molecule has 0 fully saturated rings. The van der Waals surface area contributed by atoms with Crippen LogP contribution in [-0.2, 0) is 0 Å². The number of amides is 2. The number of benzene rings is 1. The van der Waals surface area contributed by atoms with E-state index in [1.165, 1.54) is 0 Å². The minimum atomic E-state index is -0.421. The fourth-order valence-electron chi connectivity index (χ4n) is 3.02. The minimum absolute atomic E-state index is 0.0538. The van der Waals surface area contributed by atoms with Crippen LogP contribution in [0, 0.1) is 12.8 Å². The van der Waals surface area contributed by atoms with Crippen molar-refractivity contribution in [2.75, 3.05) is 6.54 Å². The van der Waals surface area contributed by atoms with Gasteiger partial charge in [0.1, 0.15) is 17.9 Å². The molecule has 2 heterocycles. The van der Waals surface area contributed by atoms with Crippen LogP contribution in [0.2, 0.25) is 0 Å². The van der Waals surface area contributed by atoms with Crippen LogP contribution in [0.1, 0.15) is 44.7 Å². The van der Waals surface area contributed by atoms with E-state index in [0.717, 1.165) is 23.3 Å². The number of rotatable bonds is 9. The molecule has 3 rings (SSSR count). The quantitative estimate of drug-likeness (QED) is 0.532. The lowest BCUT2D eigenvalue weighted by molar-refractivity contribution is 0.185. The predicted octanol–water partition coefficient (Wildman–Crippen LogP) is 4.29. The van der Waals surface area contributed by atoms with Crippen LogP contribution < -0.4 is 15.4 Å². The Balaban J connectivity index is 1.59. The van der Waals surface area contributed by atoms with E-state index in [2.05, 4.69) is 25.8 Å². The number of carbonyl (C=O) groups excluding carboxylic acids is 1. The van der Waals surface area contributed by atoms with Gasteiger partial charge in [-0.3, -0.25) is 4.98 Å². The lowest BCUT2D eigenvalue weighted by atomic mass is 10.0. The monoisotopic (exact) mass is 423 g/mol. The molecule has 0 aliphatic carbocycles. The Bertz CT molecular complexity index is 974. The van der Waals surface area contributed by atoms with Gasteiger partial charge < -0.3 is 19.9 Å². The molecule has 0 spiro atoms. The van der Waals surface area contributed by atoms with Crippen molar-refractivity contribution in [1.82, 2.24) is 25.8 Å². The standard InChI is InChI=1S/C23H29N5O3/c1-5-18(30-19-11-7-6-9-16(19)4)14-25-23(29)26-20(15(2)3)22-27-21(28-31-22)17-10-8-12-24-13-17/h6-13,15,18,20H,5,14H2,1-4H3,(H2,25,26,29). The van der Waals surface area contributed by atoms with Crippen molar-refractivity contribution in [3.63, 3.8) is 0 Å². The molecule has 0 saturated heterocycles. The zero-order valence-corrected chi connectivity index (χ0v) is 18.3. The molecule has 2 unspecified atom stereocenters. The maximum absolute atomic E-state index is 12.6. The number of ether oxygens (including phenoxy) is 1. The Kier molecular flexibility index (Phi) is 7.59. The highest BCUT2D eigenvalue weighted by Crippen LogP contribution is 2.23. The molecule has 3 aromatic rings. The summed E-state index contributed by atoms with van der Waals surface area (Å²) in [7, 11) is 0. The van der Waals surface area contributed by atoms with Crippen LogP contribution >= 0.6 is 0 Å². The summed E-state index contributed by atoms with van der Waals surface area (Å²) in [5, 5.41) is 9.85. The van der Waals surface area contributed by atoms with Crippen LogP contribution in [0.15, 0.2) is 53.3 Å². The highest BCUT2D eigenvalue weighted by molar-refractivity contribution is 5.74. The number of aromatic nitrogens is 3. The number of aryl methyl sites for hydroxylation is 1. The number of pyridine rings is 1. The van der Waals surface area contributed by atoms with E-state index in [0.29, 0.717) is 18.3 Å². The molecule has 2 aromatic heterocycles. The van der Waals surface area contributed by atoms with Crippen molar-refractivity contribution in [2.24, 2.45) is 5.92 Å². The summed E-state index contributed by atoms with van der Waals surface area (Å²) in [5.41, 5.74) is 1.81. The molecule has 2 N–H and O–H groups in total. The Morgan fingerprint density at radius 3 is 2.68 bits per heavy atom. The second-order valence-electron chi connectivity index (χ2n) is 7.69. The molecule has 0 radical (unpaired) electrons. The molecule has 2 amide bonds. The fourth-order valence-corrected chi connectivity index (χ4v) is 3.02. The fraction of sp³-hybridized carbons (Fsp3) is 0.391. The van der Waals surface area contributed by atoms with Gasteiger partial charge in [0.15, 0.2) is 0 Å². The van der Waals surface area contributed by atoms with Gasteiger partial charge >= 0.3 is 6.03 Å². The number of hydrogen-bond donors (Lipinski definition) is 2. The third-order valence-corrected chi connectivity index (χ3v) is 4.91. The zero-order chi connectivity index (χ0) is 22.2. The third kappa shape index (κ3) is 6.04. The summed E-state index contributed by atoms with van der Waals surface area (Å²) in [5.74, 6) is 1.67. The number of nitrogens with zero attached hydrogens (tertiary/aromatic N) is 3. The maximum Gasteiger partial charge on any atom is 0.315 e. The molecule has 1 aromatic carbocycles. The second kappa shape index (κ2) is 10.6. The van der Waals surface area contributed by atoms with Crippen molar-refractivity contribution in [3.05, 3.63) is 60.2 Å². The summed E-state index contributed by atoms with van der Waals surface area (Å²) in [6, 6.07) is 10.8. The summed E-state index contributed by atoms with van der Waals surface area (Å²) >= 11 is 0. The summed E-state index contributed by atoms with van der Waals surface area (Å²) in [6.07, 6.45) is 3.98. The molecule has 8 nitrogen and oxygen atoms in total. The van der Waals surface area contributed by atoms with Crippen LogP contribution in [0.4, 0.5) is 4.79 Å². The van der Waals surface area contributed by atoms with Gasteiger partial charge in [0.2, 0.25) is 11.7 Å². The molecule has 0 saturated carbocycles. The first-order chi connectivity index (χ1) is 15.0. The molecule has 2 atom stereocenters. The lowest BCUT2D eigenvalue weighted by Gasteiger charge is -2.22. The average molecular weight is 424 g/mol. The first kappa shape index (κ1) is 22.3. The Labute approximate surface area is 182 Å². The van der Waals surface area contributed by atoms with Crippen LogP contribution in [0.25, 0.3) is 11.4 Å². The molecule has 0 bridgehead atoms. The van der Waals surface area contributed by atoms with Crippen LogP contribution in [0.3, 0.4) is 0 Å². The first-order valence-electron chi connectivity index (χ1n) is 10.5. The van der Waals surface area contributed by atoms with E-state index in [1.54, 1.807) is 18.5 Å². The maximum atomic E-state index is 12.6. The highest BCUT2D eigenvalue weighted by atomic mass is 16.5. The van der Waals surface area contributed by atoms with Crippen molar-refractivity contribution in [1.29, 1.82) is 0 Å². The molecule has 164 valence electrons. The second-order valence-corrected chi connectivity index (χ2v) is 7.69. The zero-order valence-electron chi connectivity index (χ0n) is 18.3. The van der Waals surface area contributed by atoms with Crippen molar-refractivity contribution >= 4 is 6.03 Å². The van der Waals surface area contributed by atoms with Crippen LogP contribution in [-0.4, -0.2) is 33.8 Å². The van der Waals surface area contributed by atoms with Crippen molar-refractivity contribution in [2.45, 2.75) is 46.3 Å². The van der Waals surface area contributed by atoms with Gasteiger partial charge in [0, 0.05) is 18.0 Å². The Morgan fingerprint density at radius 1 is 1.19 bits per heavy atom. The molecule has 0 aliphatic heterocycles. The van der Waals surface area contributed by atoms with E-state index < -0.39 is 6.04 Å². The van der Waals surface area contributed by atoms with Gasteiger partial charge in [0.05, 0.1) is 6.54 Å². The third-order valence-electron chi connectivity index (χ3n) is 4.91. The topological polar surface area (TPSA) is 102 Å². The summed E-state index contributed by atoms with van der Waals surface area (Å²) in [4.78, 5) is 21.1. The number of para-hydroxylation sites is 1. The van der Waals surface area contributed by atoms with E-state index in [4.69, 9.17) is 9.26 Å². The van der Waals surface area contributed by atoms with E-state index in [9.17, 15) is 4.79 Å². The number of nitrogens with one attached hydrogen (secondary N) is 2.